The van der Waals surface area contributed by atoms with E-state index >= 15 is 0 Å². The minimum atomic E-state index is -0.920. The van der Waals surface area contributed by atoms with Crippen LogP contribution >= 0.6 is 11.8 Å². The molecule has 2 aliphatic heterocycles. The summed E-state index contributed by atoms with van der Waals surface area (Å²) >= 11 is 0.906. The first-order valence-corrected chi connectivity index (χ1v) is 6.83. The number of hydrogen-bond acceptors (Lipinski definition) is 5. The standard InChI is InChI=1S/C13H10N2O4S/c1-6(16)20-11-9(10(17)14-11)15-12(18)7-4-2-3-5-8(7)13(15)19/h2-5,9,11H,1H3,(H,14,17)/t9-,11-/m1/s1. The third-order valence-electron chi connectivity index (χ3n) is 3.24. The van der Waals surface area contributed by atoms with Gasteiger partial charge >= 0.3 is 0 Å². The van der Waals surface area contributed by atoms with Crippen molar-refractivity contribution in [3.8, 4) is 0 Å². The summed E-state index contributed by atoms with van der Waals surface area (Å²) < 4.78 is 0. The van der Waals surface area contributed by atoms with Gasteiger partial charge in [0.2, 0.25) is 5.91 Å². The number of hydrogen-bond donors (Lipinski definition) is 1. The number of fused-ring (bicyclic) bond motifs is 1. The normalized spacial score (nSPS) is 24.2. The van der Waals surface area contributed by atoms with Crippen molar-refractivity contribution in [2.45, 2.75) is 18.3 Å². The second-order valence-corrected chi connectivity index (χ2v) is 5.83. The third-order valence-corrected chi connectivity index (χ3v) is 4.20. The van der Waals surface area contributed by atoms with E-state index in [9.17, 15) is 19.2 Å². The maximum atomic E-state index is 12.2. The molecule has 2 aliphatic rings. The molecule has 1 aromatic carbocycles. The molecule has 1 fully saturated rings. The summed E-state index contributed by atoms with van der Waals surface area (Å²) in [5.74, 6) is -1.39. The molecular formula is C13H10N2O4S. The molecule has 0 spiro atoms. The molecule has 0 saturated carbocycles. The van der Waals surface area contributed by atoms with Gasteiger partial charge in [0.1, 0.15) is 11.4 Å². The van der Waals surface area contributed by atoms with Crippen LogP contribution in [0, 0.1) is 0 Å². The highest BCUT2D eigenvalue weighted by Gasteiger charge is 2.52. The number of carbonyl (C=O) groups is 4. The molecule has 1 aromatic rings. The number of benzene rings is 1. The maximum absolute atomic E-state index is 12.2. The number of imide groups is 1. The monoisotopic (exact) mass is 290 g/mol. The number of rotatable bonds is 2. The van der Waals surface area contributed by atoms with E-state index in [-0.39, 0.29) is 5.12 Å². The highest BCUT2D eigenvalue weighted by Crippen LogP contribution is 2.31. The number of amides is 3. The predicted molar refractivity (Wildman–Crippen MR) is 70.9 cm³/mol. The Kier molecular flexibility index (Phi) is 2.86. The van der Waals surface area contributed by atoms with Gasteiger partial charge in [-0.1, -0.05) is 23.9 Å². The van der Waals surface area contributed by atoms with Crippen molar-refractivity contribution in [2.75, 3.05) is 0 Å². The Morgan fingerprint density at radius 1 is 1.15 bits per heavy atom. The first-order valence-electron chi connectivity index (χ1n) is 5.95. The number of β-lactam (4-membered cyclic amide) rings is 1. The molecule has 3 rings (SSSR count). The molecule has 2 heterocycles. The molecule has 0 aromatic heterocycles. The van der Waals surface area contributed by atoms with Crippen LogP contribution in [0.2, 0.25) is 0 Å². The summed E-state index contributed by atoms with van der Waals surface area (Å²) in [6, 6.07) is 5.52. The van der Waals surface area contributed by atoms with Crippen LogP contribution in [-0.2, 0) is 9.59 Å². The average molecular weight is 290 g/mol. The lowest BCUT2D eigenvalue weighted by Gasteiger charge is -2.39. The van der Waals surface area contributed by atoms with Gasteiger partial charge in [0.05, 0.1) is 11.1 Å². The van der Waals surface area contributed by atoms with Crippen LogP contribution in [0.1, 0.15) is 27.6 Å². The molecule has 102 valence electrons. The largest absolute Gasteiger partial charge is 0.339 e. The second-order valence-electron chi connectivity index (χ2n) is 4.51. The van der Waals surface area contributed by atoms with E-state index in [4.69, 9.17) is 0 Å². The Balaban J connectivity index is 1.92. The fraction of sp³-hybridized carbons (Fsp3) is 0.231. The van der Waals surface area contributed by atoms with Gasteiger partial charge in [-0.3, -0.25) is 24.1 Å². The van der Waals surface area contributed by atoms with Gasteiger partial charge in [0, 0.05) is 6.92 Å². The molecule has 1 saturated heterocycles. The number of carbonyl (C=O) groups excluding carboxylic acids is 4. The van der Waals surface area contributed by atoms with Crippen LogP contribution in [0.4, 0.5) is 0 Å². The Bertz CT molecular complexity index is 623. The van der Waals surface area contributed by atoms with Gasteiger partial charge < -0.3 is 5.32 Å². The van der Waals surface area contributed by atoms with Crippen molar-refractivity contribution in [1.29, 1.82) is 0 Å². The fourth-order valence-corrected chi connectivity index (χ4v) is 3.24. The summed E-state index contributed by atoms with van der Waals surface area (Å²) in [5, 5.41) is 1.77. The van der Waals surface area contributed by atoms with Crippen LogP contribution in [0.15, 0.2) is 24.3 Å². The van der Waals surface area contributed by atoms with Crippen LogP contribution in [-0.4, -0.2) is 39.2 Å². The number of nitrogens with one attached hydrogen (secondary N) is 1. The lowest BCUT2D eigenvalue weighted by atomic mass is 10.1. The van der Waals surface area contributed by atoms with Crippen LogP contribution in [0.25, 0.3) is 0 Å². The van der Waals surface area contributed by atoms with E-state index in [1.54, 1.807) is 24.3 Å². The van der Waals surface area contributed by atoms with E-state index in [1.165, 1.54) is 6.92 Å². The van der Waals surface area contributed by atoms with Gasteiger partial charge in [0.15, 0.2) is 5.12 Å². The molecule has 2 atom stereocenters. The van der Waals surface area contributed by atoms with Gasteiger partial charge in [-0.2, -0.15) is 0 Å². The van der Waals surface area contributed by atoms with Gasteiger partial charge in [-0.15, -0.1) is 0 Å². The Morgan fingerprint density at radius 3 is 2.15 bits per heavy atom. The van der Waals surface area contributed by atoms with E-state index in [0.29, 0.717) is 11.1 Å². The summed E-state index contributed by atoms with van der Waals surface area (Å²) in [5.41, 5.74) is 0.590. The summed E-state index contributed by atoms with van der Waals surface area (Å²) in [6.45, 7) is 1.37. The zero-order valence-corrected chi connectivity index (χ0v) is 11.3. The lowest BCUT2D eigenvalue weighted by molar-refractivity contribution is -0.132. The van der Waals surface area contributed by atoms with Gasteiger partial charge in [-0.25, -0.2) is 0 Å². The second kappa shape index (κ2) is 4.45. The molecule has 0 unspecified atom stereocenters. The zero-order valence-electron chi connectivity index (χ0n) is 10.5. The zero-order chi connectivity index (χ0) is 14.4. The predicted octanol–water partition coefficient (Wildman–Crippen LogP) is 0.387. The molecule has 3 amide bonds. The Hall–Kier alpha value is -2.15. The third kappa shape index (κ3) is 1.74. The first-order chi connectivity index (χ1) is 9.50. The quantitative estimate of drug-likeness (QED) is 0.629. The van der Waals surface area contributed by atoms with Crippen LogP contribution < -0.4 is 5.32 Å². The molecule has 0 radical (unpaired) electrons. The fourth-order valence-electron chi connectivity index (χ4n) is 2.33. The lowest BCUT2D eigenvalue weighted by Crippen LogP contribution is -2.69. The van der Waals surface area contributed by atoms with Gasteiger partial charge in [-0.05, 0) is 12.1 Å². The van der Waals surface area contributed by atoms with Crippen molar-refractivity contribution in [3.05, 3.63) is 35.4 Å². The average Bonchev–Trinajstić information content (AvgIpc) is 2.64. The van der Waals surface area contributed by atoms with Crippen molar-refractivity contribution < 1.29 is 19.2 Å². The summed E-state index contributed by atoms with van der Waals surface area (Å²) in [4.78, 5) is 48.2. The van der Waals surface area contributed by atoms with Crippen LogP contribution in [0.3, 0.4) is 0 Å². The minimum Gasteiger partial charge on any atom is -0.339 e. The van der Waals surface area contributed by atoms with Crippen molar-refractivity contribution in [1.82, 2.24) is 10.2 Å². The first kappa shape index (κ1) is 12.9. The van der Waals surface area contributed by atoms with Crippen molar-refractivity contribution >= 4 is 34.6 Å². The molecule has 6 nitrogen and oxygen atoms in total. The van der Waals surface area contributed by atoms with Crippen molar-refractivity contribution in [3.63, 3.8) is 0 Å². The number of thioether (sulfide) groups is 1. The molecule has 0 aliphatic carbocycles. The molecule has 20 heavy (non-hydrogen) atoms. The summed E-state index contributed by atoms with van der Waals surface area (Å²) in [6.07, 6.45) is 0. The molecule has 7 heteroatoms. The minimum absolute atomic E-state index is 0.184. The van der Waals surface area contributed by atoms with E-state index < -0.39 is 29.1 Å². The molecular weight excluding hydrogens is 280 g/mol. The topological polar surface area (TPSA) is 83.6 Å². The number of nitrogens with zero attached hydrogens (tertiary/aromatic N) is 1. The highest BCUT2D eigenvalue weighted by molar-refractivity contribution is 8.14. The van der Waals surface area contributed by atoms with E-state index in [1.807, 2.05) is 0 Å². The SMILES string of the molecule is CC(=O)S[C@H]1NC(=O)[C@H]1N1C(=O)c2ccccc2C1=O. The molecule has 1 N–H and O–H groups in total. The van der Waals surface area contributed by atoms with E-state index in [0.717, 1.165) is 16.7 Å². The smallest absolute Gasteiger partial charge is 0.262 e. The van der Waals surface area contributed by atoms with E-state index in [2.05, 4.69) is 5.32 Å². The Morgan fingerprint density at radius 2 is 1.70 bits per heavy atom. The van der Waals surface area contributed by atoms with Crippen molar-refractivity contribution in [2.24, 2.45) is 0 Å². The van der Waals surface area contributed by atoms with Gasteiger partial charge in [0.25, 0.3) is 11.8 Å². The van der Waals surface area contributed by atoms with Crippen LogP contribution in [0.5, 0.6) is 0 Å². The summed E-state index contributed by atoms with van der Waals surface area (Å²) in [7, 11) is 0. The molecule has 0 bridgehead atoms. The Labute approximate surface area is 118 Å². The highest BCUT2D eigenvalue weighted by atomic mass is 32.2. The maximum Gasteiger partial charge on any atom is 0.262 e.